The number of allylic oxidation sites excluding steroid dienone is 8. The van der Waals surface area contributed by atoms with Crippen molar-refractivity contribution in [3.8, 4) is 0 Å². The fourth-order valence-corrected chi connectivity index (χ4v) is 9.44. The van der Waals surface area contributed by atoms with Gasteiger partial charge in [-0.1, -0.05) is 114 Å². The SMILES string of the molecule is CCC1=C(CC)C([SiH](c2ccccc2C)c2ccccc2C)C=C1C1=CC=CC1. The van der Waals surface area contributed by atoms with Gasteiger partial charge in [0.2, 0.25) is 0 Å². The minimum atomic E-state index is -1.47. The Morgan fingerprint density at radius 1 is 0.862 bits per heavy atom. The molecule has 0 aliphatic heterocycles. The molecule has 0 amide bonds. The molecule has 0 heterocycles. The minimum absolute atomic E-state index is 0.564. The molecular formula is C28H32Si. The van der Waals surface area contributed by atoms with Crippen LogP contribution in [0.1, 0.15) is 44.2 Å². The van der Waals surface area contributed by atoms with E-state index < -0.39 is 8.80 Å². The van der Waals surface area contributed by atoms with Crippen LogP contribution in [0.4, 0.5) is 0 Å². The Kier molecular flexibility index (Phi) is 5.87. The van der Waals surface area contributed by atoms with Gasteiger partial charge in [0, 0.05) is 5.54 Å². The van der Waals surface area contributed by atoms with Crippen molar-refractivity contribution in [2.24, 2.45) is 0 Å². The van der Waals surface area contributed by atoms with Crippen molar-refractivity contribution in [2.75, 3.05) is 0 Å². The minimum Gasteiger partial charge on any atom is -0.0801 e. The van der Waals surface area contributed by atoms with Crippen molar-refractivity contribution in [3.63, 3.8) is 0 Å². The molecule has 1 atom stereocenters. The van der Waals surface area contributed by atoms with Crippen molar-refractivity contribution in [1.29, 1.82) is 0 Å². The number of aryl methyl sites for hydroxylation is 2. The molecule has 4 rings (SSSR count). The zero-order valence-electron chi connectivity index (χ0n) is 18.2. The van der Waals surface area contributed by atoms with Crippen LogP contribution >= 0.6 is 0 Å². The van der Waals surface area contributed by atoms with E-state index in [9.17, 15) is 0 Å². The molecule has 148 valence electrons. The molecule has 0 fully saturated rings. The van der Waals surface area contributed by atoms with E-state index in [2.05, 4.69) is 101 Å². The van der Waals surface area contributed by atoms with Gasteiger partial charge in [-0.25, -0.2) is 0 Å². The summed E-state index contributed by atoms with van der Waals surface area (Å²) >= 11 is 0. The van der Waals surface area contributed by atoms with Gasteiger partial charge in [0.1, 0.15) is 8.80 Å². The Morgan fingerprint density at radius 3 is 1.97 bits per heavy atom. The Balaban J connectivity index is 1.92. The molecule has 0 bridgehead atoms. The molecule has 29 heavy (non-hydrogen) atoms. The highest BCUT2D eigenvalue weighted by Gasteiger charge is 2.35. The number of hydrogen-bond acceptors (Lipinski definition) is 0. The van der Waals surface area contributed by atoms with E-state index in [-0.39, 0.29) is 0 Å². The Hall–Kier alpha value is -2.38. The van der Waals surface area contributed by atoms with Gasteiger partial charge in [0.05, 0.1) is 0 Å². The van der Waals surface area contributed by atoms with Gasteiger partial charge in [-0.05, 0) is 49.8 Å². The van der Waals surface area contributed by atoms with E-state index in [1.165, 1.54) is 16.7 Å². The molecule has 2 aromatic carbocycles. The Morgan fingerprint density at radius 2 is 1.48 bits per heavy atom. The highest BCUT2D eigenvalue weighted by Crippen LogP contribution is 2.44. The standard InChI is InChI=1S/C28H32Si/c1-5-23-24(6-2)28(19-25(23)22-15-9-10-16-22)29(26-17-11-7-13-20(26)3)27-18-12-8-14-21(27)4/h7-15,17-19,28-29H,5-6,16H2,1-4H3. The molecule has 2 aliphatic carbocycles. The highest BCUT2D eigenvalue weighted by atomic mass is 28.3. The first-order valence-corrected chi connectivity index (χ1v) is 12.9. The summed E-state index contributed by atoms with van der Waals surface area (Å²) in [5.41, 5.74) is 9.82. The molecule has 0 spiro atoms. The second-order valence-electron chi connectivity index (χ2n) is 8.33. The van der Waals surface area contributed by atoms with Gasteiger partial charge < -0.3 is 0 Å². The summed E-state index contributed by atoms with van der Waals surface area (Å²) in [6.07, 6.45) is 12.9. The maximum atomic E-state index is 2.66. The molecule has 0 saturated carbocycles. The quantitative estimate of drug-likeness (QED) is 0.529. The zero-order chi connectivity index (χ0) is 20.4. The van der Waals surface area contributed by atoms with E-state index in [0.717, 1.165) is 19.3 Å². The second kappa shape index (κ2) is 8.55. The molecule has 0 radical (unpaired) electrons. The van der Waals surface area contributed by atoms with Gasteiger partial charge >= 0.3 is 0 Å². The normalized spacial score (nSPS) is 18.6. The van der Waals surface area contributed by atoms with Crippen LogP contribution < -0.4 is 10.4 Å². The molecule has 1 heteroatoms. The average Bonchev–Trinajstić information content (AvgIpc) is 3.38. The third-order valence-electron chi connectivity index (χ3n) is 6.72. The van der Waals surface area contributed by atoms with Crippen molar-refractivity contribution in [1.82, 2.24) is 0 Å². The van der Waals surface area contributed by atoms with Gasteiger partial charge in [0.15, 0.2) is 0 Å². The average molecular weight is 397 g/mol. The van der Waals surface area contributed by atoms with Crippen LogP contribution in [-0.4, -0.2) is 8.80 Å². The lowest BCUT2D eigenvalue weighted by Crippen LogP contribution is -2.48. The van der Waals surface area contributed by atoms with Crippen molar-refractivity contribution < 1.29 is 0 Å². The topological polar surface area (TPSA) is 0 Å². The lowest BCUT2D eigenvalue weighted by molar-refractivity contribution is 0.981. The molecular weight excluding hydrogens is 364 g/mol. The van der Waals surface area contributed by atoms with Gasteiger partial charge in [-0.2, -0.15) is 0 Å². The molecule has 2 aromatic rings. The van der Waals surface area contributed by atoms with Crippen molar-refractivity contribution in [3.05, 3.63) is 106 Å². The summed E-state index contributed by atoms with van der Waals surface area (Å²) in [5, 5.41) is 3.20. The van der Waals surface area contributed by atoms with E-state index in [4.69, 9.17) is 0 Å². The van der Waals surface area contributed by atoms with Crippen molar-refractivity contribution >= 4 is 19.2 Å². The van der Waals surface area contributed by atoms with Gasteiger partial charge in [-0.3, -0.25) is 0 Å². The molecule has 2 aliphatic rings. The first-order valence-electron chi connectivity index (χ1n) is 11.1. The predicted molar refractivity (Wildman–Crippen MR) is 130 cm³/mol. The third kappa shape index (κ3) is 3.64. The number of rotatable bonds is 6. The molecule has 0 aromatic heterocycles. The van der Waals surface area contributed by atoms with Crippen LogP contribution in [0.3, 0.4) is 0 Å². The largest absolute Gasteiger partial charge is 0.114 e. The summed E-state index contributed by atoms with van der Waals surface area (Å²) in [6.45, 7) is 9.29. The highest BCUT2D eigenvalue weighted by molar-refractivity contribution is 6.88. The second-order valence-corrected chi connectivity index (χ2v) is 11.2. The first-order chi connectivity index (χ1) is 14.2. The summed E-state index contributed by atoms with van der Waals surface area (Å²) in [5.74, 6) is 0. The van der Waals surface area contributed by atoms with Crippen LogP contribution in [0.15, 0.2) is 95.1 Å². The Labute approximate surface area is 178 Å². The van der Waals surface area contributed by atoms with E-state index >= 15 is 0 Å². The molecule has 0 N–H and O–H groups in total. The van der Waals surface area contributed by atoms with Gasteiger partial charge in [0.25, 0.3) is 0 Å². The fraction of sp³-hybridized carbons (Fsp3) is 0.286. The van der Waals surface area contributed by atoms with Crippen LogP contribution in [0.5, 0.6) is 0 Å². The number of benzene rings is 2. The number of hydrogen-bond donors (Lipinski definition) is 0. The van der Waals surface area contributed by atoms with E-state index in [1.54, 1.807) is 27.1 Å². The summed E-state index contributed by atoms with van der Waals surface area (Å²) in [6, 6.07) is 18.2. The summed E-state index contributed by atoms with van der Waals surface area (Å²) in [7, 11) is -1.47. The predicted octanol–water partition coefficient (Wildman–Crippen LogP) is 5.96. The van der Waals surface area contributed by atoms with Crippen LogP contribution in [0, 0.1) is 13.8 Å². The summed E-state index contributed by atoms with van der Waals surface area (Å²) in [4.78, 5) is 0. The zero-order valence-corrected chi connectivity index (χ0v) is 19.4. The molecule has 1 unspecified atom stereocenters. The summed E-state index contributed by atoms with van der Waals surface area (Å²) < 4.78 is 0. The van der Waals surface area contributed by atoms with E-state index in [0.29, 0.717) is 5.54 Å². The van der Waals surface area contributed by atoms with E-state index in [1.807, 2.05) is 0 Å². The van der Waals surface area contributed by atoms with Crippen LogP contribution in [0.2, 0.25) is 5.54 Å². The smallest absolute Gasteiger partial charge is 0.0801 e. The van der Waals surface area contributed by atoms with Crippen molar-refractivity contribution in [2.45, 2.75) is 52.5 Å². The lowest BCUT2D eigenvalue weighted by atomic mass is 9.95. The van der Waals surface area contributed by atoms with Crippen LogP contribution in [0.25, 0.3) is 0 Å². The van der Waals surface area contributed by atoms with Gasteiger partial charge in [-0.15, -0.1) is 0 Å². The monoisotopic (exact) mass is 396 g/mol. The van der Waals surface area contributed by atoms with Crippen LogP contribution in [-0.2, 0) is 0 Å². The molecule has 0 nitrogen and oxygen atoms in total. The maximum Gasteiger partial charge on any atom is 0.114 e. The molecule has 0 saturated heterocycles. The first kappa shape index (κ1) is 19.9. The lowest BCUT2D eigenvalue weighted by Gasteiger charge is -2.27. The third-order valence-corrected chi connectivity index (χ3v) is 10.7. The maximum absolute atomic E-state index is 2.66. The fourth-order valence-electron chi connectivity index (χ4n) is 5.29. The Bertz CT molecular complexity index is 986.